The summed E-state index contributed by atoms with van der Waals surface area (Å²) >= 11 is 0. The third-order valence-electron chi connectivity index (χ3n) is 7.47. The summed E-state index contributed by atoms with van der Waals surface area (Å²) in [6, 6.07) is 19.7. The molecule has 0 radical (unpaired) electrons. The topological polar surface area (TPSA) is 80.0 Å². The first-order valence-electron chi connectivity index (χ1n) is 13.6. The molecule has 5 rings (SSSR count). The van der Waals surface area contributed by atoms with E-state index in [2.05, 4.69) is 39.1 Å². The fraction of sp³-hybridized carbons (Fsp3) is 0.355. The smallest absolute Gasteiger partial charge is 0.355 e. The Hall–Kier alpha value is -4.04. The zero-order valence-electron chi connectivity index (χ0n) is 22.8. The molecule has 2 unspecified atom stereocenters. The summed E-state index contributed by atoms with van der Waals surface area (Å²) in [5, 5.41) is 0. The lowest BCUT2D eigenvalue weighted by atomic mass is 9.82. The summed E-state index contributed by atoms with van der Waals surface area (Å²) < 4.78 is 6.97. The molecule has 0 bridgehead atoms. The lowest BCUT2D eigenvalue weighted by Gasteiger charge is -2.38. The van der Waals surface area contributed by atoms with Crippen LogP contribution in [0.25, 0.3) is 11.8 Å². The second-order valence-electron chi connectivity index (χ2n) is 10.00. The highest BCUT2D eigenvalue weighted by atomic mass is 16.5. The highest BCUT2D eigenvalue weighted by molar-refractivity contribution is 6.04. The molecule has 1 saturated heterocycles. The summed E-state index contributed by atoms with van der Waals surface area (Å²) in [6.07, 6.45) is 4.33. The van der Waals surface area contributed by atoms with E-state index in [1.54, 1.807) is 11.5 Å². The molecule has 3 aromatic rings. The van der Waals surface area contributed by atoms with Crippen LogP contribution < -0.4 is 10.6 Å². The number of anilines is 1. The predicted molar refractivity (Wildman–Crippen MR) is 155 cm³/mol. The van der Waals surface area contributed by atoms with Crippen molar-refractivity contribution in [3.8, 4) is 5.69 Å². The van der Waals surface area contributed by atoms with Crippen LogP contribution in [0.15, 0.2) is 76.5 Å². The standard InChI is InChI=1S/C31H35N5O3/c1-4-39-30(37)26-22(2)27-28(33-31(38)36(29(27)32-23(26)3)25-15-9-6-10-16-25)35-20-18-34(19-21-35)17-11-14-24-12-7-5-8-13-24/h5-16,22,26H,4,17-21H2,1-3H3. The summed E-state index contributed by atoms with van der Waals surface area (Å²) in [6.45, 7) is 9.95. The number of hydrogen-bond donors (Lipinski definition) is 0. The van der Waals surface area contributed by atoms with Crippen LogP contribution in [0.3, 0.4) is 0 Å². The molecule has 0 aliphatic carbocycles. The molecule has 8 heteroatoms. The number of benzene rings is 2. The van der Waals surface area contributed by atoms with E-state index < -0.39 is 5.92 Å². The average Bonchev–Trinajstić information content (AvgIpc) is 2.94. The molecule has 3 heterocycles. The molecule has 2 aromatic carbocycles. The number of piperazine rings is 1. The number of aromatic nitrogens is 2. The molecule has 0 amide bonds. The van der Waals surface area contributed by atoms with Gasteiger partial charge in [-0.15, -0.1) is 0 Å². The summed E-state index contributed by atoms with van der Waals surface area (Å²) in [5.41, 5.74) is 2.98. The monoisotopic (exact) mass is 525 g/mol. The maximum Gasteiger partial charge on any atom is 0.355 e. The van der Waals surface area contributed by atoms with Crippen molar-refractivity contribution < 1.29 is 9.53 Å². The lowest BCUT2D eigenvalue weighted by molar-refractivity contribution is -0.146. The molecule has 2 aliphatic heterocycles. The van der Waals surface area contributed by atoms with Crippen LogP contribution in [0.1, 0.15) is 37.8 Å². The third kappa shape index (κ3) is 5.56. The summed E-state index contributed by atoms with van der Waals surface area (Å²) in [7, 11) is 0. The van der Waals surface area contributed by atoms with Gasteiger partial charge in [0.25, 0.3) is 0 Å². The van der Waals surface area contributed by atoms with Gasteiger partial charge in [-0.2, -0.15) is 4.98 Å². The number of para-hydroxylation sites is 1. The maximum absolute atomic E-state index is 13.5. The van der Waals surface area contributed by atoms with Crippen molar-refractivity contribution >= 4 is 29.4 Å². The molecule has 202 valence electrons. The van der Waals surface area contributed by atoms with E-state index in [0.717, 1.165) is 38.3 Å². The number of fused-ring (bicyclic) bond motifs is 1. The predicted octanol–water partition coefficient (Wildman–Crippen LogP) is 4.46. The highest BCUT2D eigenvalue weighted by Gasteiger charge is 2.39. The zero-order chi connectivity index (χ0) is 27.4. The van der Waals surface area contributed by atoms with Crippen LogP contribution in [-0.4, -0.2) is 65.5 Å². The van der Waals surface area contributed by atoms with Crippen molar-refractivity contribution in [1.29, 1.82) is 0 Å². The minimum Gasteiger partial charge on any atom is -0.465 e. The van der Waals surface area contributed by atoms with Gasteiger partial charge in [0, 0.05) is 49.9 Å². The van der Waals surface area contributed by atoms with Crippen molar-refractivity contribution in [2.75, 3.05) is 44.2 Å². The fourth-order valence-electron chi connectivity index (χ4n) is 5.50. The molecule has 2 aliphatic rings. The number of rotatable bonds is 7. The second kappa shape index (κ2) is 11.8. The highest BCUT2D eigenvalue weighted by Crippen LogP contribution is 2.43. The second-order valence-corrected chi connectivity index (χ2v) is 10.00. The fourth-order valence-corrected chi connectivity index (χ4v) is 5.50. The number of carbonyl (C=O) groups excluding carboxylic acids is 1. The summed E-state index contributed by atoms with van der Waals surface area (Å²) in [4.78, 5) is 40.5. The first kappa shape index (κ1) is 26.6. The zero-order valence-corrected chi connectivity index (χ0v) is 22.8. The SMILES string of the molecule is CCOC(=O)C1C(C)=Nc2c(c(N3CCN(CC=Cc4ccccc4)CC3)nc(=O)n2-c2ccccc2)C1C. The van der Waals surface area contributed by atoms with Gasteiger partial charge in [-0.05, 0) is 31.5 Å². The van der Waals surface area contributed by atoms with E-state index >= 15 is 0 Å². The van der Waals surface area contributed by atoms with Gasteiger partial charge in [0.15, 0.2) is 0 Å². The summed E-state index contributed by atoms with van der Waals surface area (Å²) in [5.74, 6) is 0.107. The third-order valence-corrected chi connectivity index (χ3v) is 7.47. The van der Waals surface area contributed by atoms with Crippen LogP contribution in [0.2, 0.25) is 0 Å². The number of carbonyl (C=O) groups is 1. The Kier molecular flexibility index (Phi) is 8.02. The van der Waals surface area contributed by atoms with E-state index in [0.29, 0.717) is 29.6 Å². The Morgan fingerprint density at radius 1 is 1.03 bits per heavy atom. The van der Waals surface area contributed by atoms with E-state index in [4.69, 9.17) is 9.73 Å². The molecule has 8 nitrogen and oxygen atoms in total. The van der Waals surface area contributed by atoms with Crippen LogP contribution in [0, 0.1) is 5.92 Å². The van der Waals surface area contributed by atoms with Crippen molar-refractivity contribution in [2.24, 2.45) is 10.9 Å². The Balaban J connectivity index is 1.46. The molecular formula is C31H35N5O3. The van der Waals surface area contributed by atoms with Crippen molar-refractivity contribution in [3.63, 3.8) is 0 Å². The van der Waals surface area contributed by atoms with E-state index in [9.17, 15) is 9.59 Å². The van der Waals surface area contributed by atoms with Crippen LogP contribution >= 0.6 is 0 Å². The lowest BCUT2D eigenvalue weighted by Crippen LogP contribution is -2.48. The van der Waals surface area contributed by atoms with Gasteiger partial charge in [-0.1, -0.05) is 67.6 Å². The van der Waals surface area contributed by atoms with Crippen LogP contribution in [0.5, 0.6) is 0 Å². The molecule has 39 heavy (non-hydrogen) atoms. The number of hydrogen-bond acceptors (Lipinski definition) is 7. The minimum atomic E-state index is -0.524. The Bertz CT molecular complexity index is 1420. The number of ether oxygens (including phenoxy) is 1. The van der Waals surface area contributed by atoms with Crippen molar-refractivity contribution in [3.05, 3.63) is 88.4 Å². The number of nitrogens with zero attached hydrogens (tertiary/aromatic N) is 5. The Morgan fingerprint density at radius 2 is 1.69 bits per heavy atom. The molecule has 0 N–H and O–H groups in total. The molecule has 1 fully saturated rings. The average molecular weight is 526 g/mol. The minimum absolute atomic E-state index is 0.249. The largest absolute Gasteiger partial charge is 0.465 e. The quantitative estimate of drug-likeness (QED) is 0.424. The molecule has 0 spiro atoms. The number of esters is 1. The Morgan fingerprint density at radius 3 is 2.36 bits per heavy atom. The maximum atomic E-state index is 13.5. The molecule has 2 atom stereocenters. The first-order chi connectivity index (χ1) is 19.0. The van der Waals surface area contributed by atoms with E-state index in [1.165, 1.54) is 5.56 Å². The van der Waals surface area contributed by atoms with Crippen molar-refractivity contribution in [2.45, 2.75) is 26.7 Å². The molecular weight excluding hydrogens is 490 g/mol. The van der Waals surface area contributed by atoms with E-state index in [1.807, 2.05) is 62.4 Å². The van der Waals surface area contributed by atoms with Gasteiger partial charge in [0.05, 0.1) is 12.3 Å². The number of aliphatic imine (C=N–C) groups is 1. The van der Waals surface area contributed by atoms with Gasteiger partial charge < -0.3 is 9.64 Å². The van der Waals surface area contributed by atoms with Gasteiger partial charge >= 0.3 is 11.7 Å². The van der Waals surface area contributed by atoms with Crippen molar-refractivity contribution in [1.82, 2.24) is 14.5 Å². The van der Waals surface area contributed by atoms with Gasteiger partial charge in [0.1, 0.15) is 17.6 Å². The van der Waals surface area contributed by atoms with Gasteiger partial charge in [-0.25, -0.2) is 14.4 Å². The van der Waals surface area contributed by atoms with Gasteiger partial charge in [-0.3, -0.25) is 9.69 Å². The van der Waals surface area contributed by atoms with Crippen LogP contribution in [-0.2, 0) is 9.53 Å². The van der Waals surface area contributed by atoms with Gasteiger partial charge in [0.2, 0.25) is 0 Å². The first-order valence-corrected chi connectivity index (χ1v) is 13.6. The van der Waals surface area contributed by atoms with E-state index in [-0.39, 0.29) is 17.6 Å². The molecule has 0 saturated carbocycles. The Labute approximate surface area is 229 Å². The normalized spacial score (nSPS) is 19.6. The molecule has 1 aromatic heterocycles. The van der Waals surface area contributed by atoms with Crippen LogP contribution in [0.4, 0.5) is 11.6 Å².